The number of hydrogen-bond acceptors (Lipinski definition) is 3. The lowest BCUT2D eigenvalue weighted by Crippen LogP contribution is -2.12. The zero-order valence-electron chi connectivity index (χ0n) is 5.43. The van der Waals surface area contributed by atoms with Gasteiger partial charge in [-0.15, -0.1) is 11.3 Å². The molecule has 0 radical (unpaired) electrons. The Morgan fingerprint density at radius 1 is 1.60 bits per heavy atom. The molecule has 0 saturated carbocycles. The third-order valence-corrected chi connectivity index (χ3v) is 2.78. The molecule has 10 heavy (non-hydrogen) atoms. The highest BCUT2D eigenvalue weighted by molar-refractivity contribution is 9.10. The molecule has 1 aromatic heterocycles. The third-order valence-electron chi connectivity index (χ3n) is 1.07. The van der Waals surface area contributed by atoms with E-state index in [1.807, 2.05) is 5.38 Å². The van der Waals surface area contributed by atoms with Gasteiger partial charge in [-0.1, -0.05) is 0 Å². The summed E-state index contributed by atoms with van der Waals surface area (Å²) in [5.41, 5.74) is 6.46. The second kappa shape index (κ2) is 3.95. The molecule has 0 aliphatic carbocycles. The van der Waals surface area contributed by atoms with Gasteiger partial charge in [0.05, 0.1) is 10.2 Å². The van der Waals surface area contributed by atoms with Crippen LogP contribution in [-0.4, -0.2) is 13.1 Å². The SMILES string of the molecule is NCCNc1cscc1Br. The summed E-state index contributed by atoms with van der Waals surface area (Å²) in [5.74, 6) is 0. The Kier molecular flexibility index (Phi) is 3.18. The molecule has 0 fully saturated rings. The average molecular weight is 221 g/mol. The lowest BCUT2D eigenvalue weighted by atomic mass is 10.5. The Morgan fingerprint density at radius 2 is 2.40 bits per heavy atom. The molecule has 0 aliphatic heterocycles. The van der Waals surface area contributed by atoms with E-state index in [-0.39, 0.29) is 0 Å². The van der Waals surface area contributed by atoms with Gasteiger partial charge in [0, 0.05) is 23.8 Å². The van der Waals surface area contributed by atoms with Crippen molar-refractivity contribution in [2.24, 2.45) is 5.73 Å². The van der Waals surface area contributed by atoms with Gasteiger partial charge in [0.25, 0.3) is 0 Å². The van der Waals surface area contributed by atoms with Crippen LogP contribution in [0.15, 0.2) is 15.2 Å². The van der Waals surface area contributed by atoms with Crippen molar-refractivity contribution in [3.63, 3.8) is 0 Å². The van der Waals surface area contributed by atoms with Crippen molar-refractivity contribution in [2.75, 3.05) is 18.4 Å². The normalized spacial score (nSPS) is 9.80. The molecule has 0 bridgehead atoms. The van der Waals surface area contributed by atoms with Crippen LogP contribution in [0.2, 0.25) is 0 Å². The number of hydrogen-bond donors (Lipinski definition) is 2. The molecule has 3 N–H and O–H groups in total. The summed E-state index contributed by atoms with van der Waals surface area (Å²) in [5, 5.41) is 7.28. The highest BCUT2D eigenvalue weighted by Crippen LogP contribution is 2.25. The number of anilines is 1. The van der Waals surface area contributed by atoms with Gasteiger partial charge in [0.1, 0.15) is 0 Å². The molecule has 1 rings (SSSR count). The van der Waals surface area contributed by atoms with E-state index in [4.69, 9.17) is 5.73 Å². The van der Waals surface area contributed by atoms with E-state index in [2.05, 4.69) is 26.6 Å². The van der Waals surface area contributed by atoms with E-state index in [1.54, 1.807) is 11.3 Å². The van der Waals surface area contributed by atoms with Gasteiger partial charge in [-0.2, -0.15) is 0 Å². The molecule has 0 unspecified atom stereocenters. The number of nitrogens with one attached hydrogen (secondary N) is 1. The number of rotatable bonds is 3. The summed E-state index contributed by atoms with van der Waals surface area (Å²) >= 11 is 5.07. The van der Waals surface area contributed by atoms with Crippen LogP contribution in [-0.2, 0) is 0 Å². The molecule has 0 amide bonds. The average Bonchev–Trinajstić information content (AvgIpc) is 2.31. The van der Waals surface area contributed by atoms with Crippen LogP contribution < -0.4 is 11.1 Å². The maximum atomic E-state index is 5.32. The van der Waals surface area contributed by atoms with Crippen LogP contribution in [0.25, 0.3) is 0 Å². The van der Waals surface area contributed by atoms with Gasteiger partial charge in [0.15, 0.2) is 0 Å². The fourth-order valence-electron chi connectivity index (χ4n) is 0.615. The largest absolute Gasteiger partial charge is 0.382 e. The van der Waals surface area contributed by atoms with Crippen molar-refractivity contribution in [3.8, 4) is 0 Å². The maximum Gasteiger partial charge on any atom is 0.0593 e. The third kappa shape index (κ3) is 1.97. The van der Waals surface area contributed by atoms with Crippen LogP contribution in [0.3, 0.4) is 0 Å². The van der Waals surface area contributed by atoms with Crippen molar-refractivity contribution < 1.29 is 0 Å². The number of halogens is 1. The first-order chi connectivity index (χ1) is 4.84. The summed E-state index contributed by atoms with van der Waals surface area (Å²) in [4.78, 5) is 0. The second-order valence-corrected chi connectivity index (χ2v) is 3.45. The van der Waals surface area contributed by atoms with E-state index in [0.29, 0.717) is 6.54 Å². The zero-order chi connectivity index (χ0) is 7.40. The zero-order valence-corrected chi connectivity index (χ0v) is 7.83. The Morgan fingerprint density at radius 3 is 2.90 bits per heavy atom. The van der Waals surface area contributed by atoms with E-state index in [0.717, 1.165) is 16.7 Å². The fraction of sp³-hybridized carbons (Fsp3) is 0.333. The summed E-state index contributed by atoms with van der Waals surface area (Å²) in [6.45, 7) is 1.50. The summed E-state index contributed by atoms with van der Waals surface area (Å²) < 4.78 is 1.12. The minimum absolute atomic E-state index is 0.669. The van der Waals surface area contributed by atoms with Gasteiger partial charge >= 0.3 is 0 Å². The van der Waals surface area contributed by atoms with Crippen molar-refractivity contribution in [3.05, 3.63) is 15.2 Å². The molecule has 0 spiro atoms. The molecule has 0 atom stereocenters. The molecule has 1 heterocycles. The van der Waals surface area contributed by atoms with Crippen molar-refractivity contribution >= 4 is 33.0 Å². The minimum atomic E-state index is 0.669. The first-order valence-corrected chi connectivity index (χ1v) is 4.74. The van der Waals surface area contributed by atoms with Crippen LogP contribution in [0.4, 0.5) is 5.69 Å². The Balaban J connectivity index is 2.49. The smallest absolute Gasteiger partial charge is 0.0593 e. The first kappa shape index (κ1) is 8.04. The lowest BCUT2D eigenvalue weighted by Gasteiger charge is -2.00. The van der Waals surface area contributed by atoms with Gasteiger partial charge in [-0.05, 0) is 15.9 Å². The molecular weight excluding hydrogens is 212 g/mol. The van der Waals surface area contributed by atoms with Gasteiger partial charge in [0.2, 0.25) is 0 Å². The number of nitrogens with two attached hydrogens (primary N) is 1. The van der Waals surface area contributed by atoms with E-state index < -0.39 is 0 Å². The quantitative estimate of drug-likeness (QED) is 0.817. The lowest BCUT2D eigenvalue weighted by molar-refractivity contribution is 1.02. The molecule has 4 heteroatoms. The topological polar surface area (TPSA) is 38.0 Å². The van der Waals surface area contributed by atoms with Gasteiger partial charge < -0.3 is 11.1 Å². The summed E-state index contributed by atoms with van der Waals surface area (Å²) in [6.07, 6.45) is 0. The highest BCUT2D eigenvalue weighted by atomic mass is 79.9. The van der Waals surface area contributed by atoms with Gasteiger partial charge in [-0.25, -0.2) is 0 Å². The Bertz CT molecular complexity index is 199. The molecule has 0 aromatic carbocycles. The van der Waals surface area contributed by atoms with Crippen LogP contribution in [0, 0.1) is 0 Å². The Labute approximate surface area is 72.6 Å². The van der Waals surface area contributed by atoms with Gasteiger partial charge in [-0.3, -0.25) is 0 Å². The van der Waals surface area contributed by atoms with Crippen LogP contribution in [0.1, 0.15) is 0 Å². The second-order valence-electron chi connectivity index (χ2n) is 1.85. The van der Waals surface area contributed by atoms with Crippen LogP contribution in [0.5, 0.6) is 0 Å². The van der Waals surface area contributed by atoms with E-state index >= 15 is 0 Å². The monoisotopic (exact) mass is 220 g/mol. The molecular formula is C6H9BrN2S. The molecule has 2 nitrogen and oxygen atoms in total. The fourth-order valence-corrected chi connectivity index (χ4v) is 2.01. The first-order valence-electron chi connectivity index (χ1n) is 3.00. The predicted octanol–water partition coefficient (Wildman–Crippen LogP) is 1.88. The van der Waals surface area contributed by atoms with Crippen molar-refractivity contribution in [1.82, 2.24) is 0 Å². The molecule has 0 saturated heterocycles. The molecule has 56 valence electrons. The van der Waals surface area contributed by atoms with Crippen molar-refractivity contribution in [1.29, 1.82) is 0 Å². The van der Waals surface area contributed by atoms with Crippen molar-refractivity contribution in [2.45, 2.75) is 0 Å². The van der Waals surface area contributed by atoms with E-state index in [9.17, 15) is 0 Å². The molecule has 0 aliphatic rings. The standard InChI is InChI=1S/C6H9BrN2S/c7-5-3-10-4-6(5)9-2-1-8/h3-4,9H,1-2,8H2. The predicted molar refractivity (Wildman–Crippen MR) is 49.6 cm³/mol. The summed E-state index contributed by atoms with van der Waals surface area (Å²) in [6, 6.07) is 0. The number of thiophene rings is 1. The van der Waals surface area contributed by atoms with Crippen LogP contribution >= 0.6 is 27.3 Å². The Hall–Kier alpha value is -0.0600. The highest BCUT2D eigenvalue weighted by Gasteiger charge is 1.96. The summed E-state index contributed by atoms with van der Waals surface area (Å²) in [7, 11) is 0. The molecule has 1 aromatic rings. The minimum Gasteiger partial charge on any atom is -0.382 e. The maximum absolute atomic E-state index is 5.32. The van der Waals surface area contributed by atoms with E-state index in [1.165, 1.54) is 0 Å².